The molecule has 3 N–H and O–H groups in total. The van der Waals surface area contributed by atoms with Crippen LogP contribution in [0.5, 0.6) is 0 Å². The summed E-state index contributed by atoms with van der Waals surface area (Å²) >= 11 is 0. The van der Waals surface area contributed by atoms with E-state index in [9.17, 15) is 9.18 Å². The Kier molecular flexibility index (Phi) is 1.22. The number of halogens is 1. The average Bonchev–Trinajstić information content (AvgIpc) is 1.80. The molecule has 0 fully saturated rings. The number of H-pyrrole nitrogens is 1. The number of nitrogen functional groups attached to an aromatic ring is 1. The van der Waals surface area contributed by atoms with E-state index in [1.54, 1.807) is 0 Å². The number of rotatable bonds is 0. The first kappa shape index (κ1) is 5.81. The molecule has 0 aliphatic carbocycles. The summed E-state index contributed by atoms with van der Waals surface area (Å²) in [6.07, 6.45) is 0. The van der Waals surface area contributed by atoms with Crippen molar-refractivity contribution in [2.24, 2.45) is 0 Å². The second-order valence-corrected chi connectivity index (χ2v) is 1.59. The molecule has 1 rings (SSSR count). The maximum atomic E-state index is 12.1. The van der Waals surface area contributed by atoms with Gasteiger partial charge in [0.15, 0.2) is 5.82 Å². The largest absolute Gasteiger partial charge is 0.385 e. The fourth-order valence-electron chi connectivity index (χ4n) is 0.471. The first-order chi connectivity index (χ1) is 4.20. The van der Waals surface area contributed by atoms with E-state index < -0.39 is 11.4 Å². The van der Waals surface area contributed by atoms with Crippen LogP contribution in [0.4, 0.5) is 10.2 Å². The molecule has 0 unspecified atom stereocenters. The van der Waals surface area contributed by atoms with Crippen LogP contribution in [0.15, 0.2) is 16.9 Å². The topological polar surface area (TPSA) is 58.9 Å². The van der Waals surface area contributed by atoms with Crippen molar-refractivity contribution in [1.82, 2.24) is 4.98 Å². The van der Waals surface area contributed by atoms with Gasteiger partial charge in [0.1, 0.15) is 5.82 Å². The fourth-order valence-corrected chi connectivity index (χ4v) is 0.471. The van der Waals surface area contributed by atoms with E-state index in [4.69, 9.17) is 5.73 Å². The number of aromatic amines is 1. The molecule has 3 nitrogen and oxygen atoms in total. The molecule has 0 radical (unpaired) electrons. The lowest BCUT2D eigenvalue weighted by Gasteiger charge is -1.88. The Bertz CT molecular complexity index is 268. The van der Waals surface area contributed by atoms with Crippen LogP contribution in [-0.4, -0.2) is 4.98 Å². The quantitative estimate of drug-likeness (QED) is 0.520. The molecular formula is C5H5FN2O. The van der Waals surface area contributed by atoms with Crippen molar-refractivity contribution in [1.29, 1.82) is 0 Å². The Morgan fingerprint density at radius 3 is 2.67 bits per heavy atom. The van der Waals surface area contributed by atoms with Gasteiger partial charge in [0.25, 0.3) is 5.56 Å². The van der Waals surface area contributed by atoms with Crippen LogP contribution < -0.4 is 11.3 Å². The smallest absolute Gasteiger partial charge is 0.285 e. The molecule has 0 bridgehead atoms. The van der Waals surface area contributed by atoms with Crippen LogP contribution >= 0.6 is 0 Å². The summed E-state index contributed by atoms with van der Waals surface area (Å²) in [6, 6.07) is 2.31. The summed E-state index contributed by atoms with van der Waals surface area (Å²) in [5.74, 6) is -0.648. The first-order valence-corrected chi connectivity index (χ1v) is 2.34. The average molecular weight is 128 g/mol. The fraction of sp³-hybridized carbons (Fsp3) is 0. The molecule has 0 spiro atoms. The van der Waals surface area contributed by atoms with Gasteiger partial charge in [-0.1, -0.05) is 0 Å². The molecule has 0 aromatic carbocycles. The Labute approximate surface area is 50.3 Å². The van der Waals surface area contributed by atoms with Gasteiger partial charge < -0.3 is 10.7 Å². The molecule has 1 heterocycles. The number of anilines is 1. The second-order valence-electron chi connectivity index (χ2n) is 1.59. The van der Waals surface area contributed by atoms with E-state index >= 15 is 0 Å². The molecule has 0 aliphatic rings. The monoisotopic (exact) mass is 128 g/mol. The number of aromatic nitrogens is 1. The minimum absolute atomic E-state index is 0.168. The summed E-state index contributed by atoms with van der Waals surface area (Å²) < 4.78 is 12.1. The maximum Gasteiger partial charge on any atom is 0.285 e. The molecule has 0 aliphatic heterocycles. The highest BCUT2D eigenvalue weighted by atomic mass is 19.1. The molecular weight excluding hydrogens is 123 g/mol. The zero-order chi connectivity index (χ0) is 6.85. The van der Waals surface area contributed by atoms with E-state index in [1.807, 2.05) is 0 Å². The van der Waals surface area contributed by atoms with Crippen molar-refractivity contribution in [2.45, 2.75) is 0 Å². The molecule has 4 heteroatoms. The Hall–Kier alpha value is -1.32. The van der Waals surface area contributed by atoms with E-state index in [2.05, 4.69) is 4.98 Å². The Balaban J connectivity index is 3.34. The SMILES string of the molecule is Nc1ccc(F)c(=O)[nH]1. The molecule has 0 atom stereocenters. The summed E-state index contributed by atoms with van der Waals surface area (Å²) in [4.78, 5) is 12.4. The highest BCUT2D eigenvalue weighted by Crippen LogP contribution is 1.91. The third-order valence-corrected chi connectivity index (χ3v) is 0.884. The van der Waals surface area contributed by atoms with Crippen LogP contribution in [0.25, 0.3) is 0 Å². The van der Waals surface area contributed by atoms with Gasteiger partial charge in [0, 0.05) is 0 Å². The van der Waals surface area contributed by atoms with Crippen molar-refractivity contribution in [3.05, 3.63) is 28.3 Å². The van der Waals surface area contributed by atoms with Crippen LogP contribution in [0.2, 0.25) is 0 Å². The molecule has 1 aromatic rings. The lowest BCUT2D eigenvalue weighted by Crippen LogP contribution is -2.11. The normalized spacial score (nSPS) is 9.44. The van der Waals surface area contributed by atoms with Crippen LogP contribution in [0.3, 0.4) is 0 Å². The highest BCUT2D eigenvalue weighted by Gasteiger charge is 1.93. The van der Waals surface area contributed by atoms with Crippen molar-refractivity contribution in [3.63, 3.8) is 0 Å². The maximum absolute atomic E-state index is 12.1. The lowest BCUT2D eigenvalue weighted by molar-refractivity contribution is 0.609. The Morgan fingerprint density at radius 2 is 2.22 bits per heavy atom. The number of pyridine rings is 1. The van der Waals surface area contributed by atoms with Gasteiger partial charge in [-0.05, 0) is 12.1 Å². The third-order valence-electron chi connectivity index (χ3n) is 0.884. The third kappa shape index (κ3) is 1.07. The van der Waals surface area contributed by atoms with E-state index in [-0.39, 0.29) is 5.82 Å². The number of hydrogen-bond acceptors (Lipinski definition) is 2. The summed E-state index contributed by atoms with van der Waals surface area (Å²) in [7, 11) is 0. The zero-order valence-corrected chi connectivity index (χ0v) is 4.52. The highest BCUT2D eigenvalue weighted by molar-refractivity contribution is 5.25. The van der Waals surface area contributed by atoms with Gasteiger partial charge in [-0.2, -0.15) is 0 Å². The van der Waals surface area contributed by atoms with Gasteiger partial charge in [0.2, 0.25) is 0 Å². The van der Waals surface area contributed by atoms with Gasteiger partial charge in [-0.25, -0.2) is 4.39 Å². The van der Waals surface area contributed by atoms with Gasteiger partial charge in [-0.3, -0.25) is 4.79 Å². The number of nitrogens with one attached hydrogen (secondary N) is 1. The van der Waals surface area contributed by atoms with Crippen LogP contribution in [-0.2, 0) is 0 Å². The number of nitrogens with two attached hydrogens (primary N) is 1. The van der Waals surface area contributed by atoms with Crippen molar-refractivity contribution >= 4 is 5.82 Å². The van der Waals surface area contributed by atoms with Gasteiger partial charge >= 0.3 is 0 Å². The second kappa shape index (κ2) is 1.89. The van der Waals surface area contributed by atoms with E-state index in [0.717, 1.165) is 6.07 Å². The van der Waals surface area contributed by atoms with Gasteiger partial charge in [0.05, 0.1) is 0 Å². The standard InChI is InChI=1S/C5H5FN2O/c6-3-1-2-4(7)8-5(3)9/h1-2H,(H3,7,8,9). The van der Waals surface area contributed by atoms with E-state index in [1.165, 1.54) is 6.07 Å². The molecule has 0 saturated heterocycles. The molecule has 1 aromatic heterocycles. The lowest BCUT2D eigenvalue weighted by atomic mass is 10.4. The Morgan fingerprint density at radius 1 is 1.56 bits per heavy atom. The summed E-state index contributed by atoms with van der Waals surface area (Å²) in [6.45, 7) is 0. The molecule has 0 saturated carbocycles. The summed E-state index contributed by atoms with van der Waals surface area (Å²) in [5, 5.41) is 0. The van der Waals surface area contributed by atoms with Gasteiger partial charge in [-0.15, -0.1) is 0 Å². The van der Waals surface area contributed by atoms with Crippen molar-refractivity contribution in [2.75, 3.05) is 5.73 Å². The number of hydrogen-bond donors (Lipinski definition) is 2. The minimum atomic E-state index is -0.816. The van der Waals surface area contributed by atoms with Crippen molar-refractivity contribution in [3.8, 4) is 0 Å². The molecule has 48 valence electrons. The first-order valence-electron chi connectivity index (χ1n) is 2.34. The summed E-state index contributed by atoms with van der Waals surface area (Å²) in [5.41, 5.74) is 4.32. The van der Waals surface area contributed by atoms with Crippen LogP contribution in [0, 0.1) is 5.82 Å². The van der Waals surface area contributed by atoms with E-state index in [0.29, 0.717) is 0 Å². The molecule has 0 amide bonds. The molecule has 9 heavy (non-hydrogen) atoms. The minimum Gasteiger partial charge on any atom is -0.385 e. The zero-order valence-electron chi connectivity index (χ0n) is 4.52. The van der Waals surface area contributed by atoms with Crippen LogP contribution in [0.1, 0.15) is 0 Å². The predicted molar refractivity (Wildman–Crippen MR) is 31.4 cm³/mol. The predicted octanol–water partition coefficient (Wildman–Crippen LogP) is 0.0962. The van der Waals surface area contributed by atoms with Crippen molar-refractivity contribution < 1.29 is 4.39 Å².